The number of hydrogen-bond acceptors (Lipinski definition) is 3. The zero-order valence-corrected chi connectivity index (χ0v) is 14.5. The number of hydrogen-bond donors (Lipinski definition) is 1. The van der Waals surface area contributed by atoms with Crippen molar-refractivity contribution in [2.75, 3.05) is 13.7 Å². The normalized spacial score (nSPS) is 10.6. The first kappa shape index (κ1) is 17.6. The largest absolute Gasteiger partial charge is 0.493 e. The summed E-state index contributed by atoms with van der Waals surface area (Å²) in [5.41, 5.74) is 2.14. The van der Waals surface area contributed by atoms with Crippen molar-refractivity contribution >= 4 is 11.6 Å². The highest BCUT2D eigenvalue weighted by atomic mass is 35.5. The van der Waals surface area contributed by atoms with Crippen LogP contribution in [0.3, 0.4) is 0 Å². The van der Waals surface area contributed by atoms with Gasteiger partial charge >= 0.3 is 0 Å². The highest BCUT2D eigenvalue weighted by Crippen LogP contribution is 2.29. The molecule has 0 aliphatic rings. The van der Waals surface area contributed by atoms with Crippen LogP contribution in [0.25, 0.3) is 0 Å². The summed E-state index contributed by atoms with van der Waals surface area (Å²) in [4.78, 5) is 0. The van der Waals surface area contributed by atoms with Gasteiger partial charge < -0.3 is 14.8 Å². The number of benzene rings is 2. The van der Waals surface area contributed by atoms with Crippen LogP contribution in [0.5, 0.6) is 11.5 Å². The quantitative estimate of drug-likeness (QED) is 0.667. The first-order valence-electron chi connectivity index (χ1n) is 7.98. The number of unbranched alkanes of at least 4 members (excludes halogenated alkanes) is 1. The molecule has 2 rings (SSSR count). The molecule has 124 valence electrons. The van der Waals surface area contributed by atoms with E-state index in [1.807, 2.05) is 36.4 Å². The lowest BCUT2D eigenvalue weighted by atomic mass is 10.2. The smallest absolute Gasteiger partial charge is 0.161 e. The minimum absolute atomic E-state index is 0.421. The number of halogens is 1. The minimum Gasteiger partial charge on any atom is -0.493 e. The van der Waals surface area contributed by atoms with Crippen LogP contribution in [-0.2, 0) is 13.2 Å². The van der Waals surface area contributed by atoms with Crippen LogP contribution < -0.4 is 14.8 Å². The minimum atomic E-state index is 0.421. The Hall–Kier alpha value is -1.71. The Labute approximate surface area is 143 Å². The summed E-state index contributed by atoms with van der Waals surface area (Å²) >= 11 is 6.15. The third-order valence-electron chi connectivity index (χ3n) is 3.61. The van der Waals surface area contributed by atoms with Crippen molar-refractivity contribution in [1.82, 2.24) is 5.32 Å². The fraction of sp³-hybridized carbons (Fsp3) is 0.368. The van der Waals surface area contributed by atoms with Crippen molar-refractivity contribution in [2.45, 2.75) is 32.9 Å². The first-order chi connectivity index (χ1) is 11.2. The first-order valence-corrected chi connectivity index (χ1v) is 8.36. The van der Waals surface area contributed by atoms with Gasteiger partial charge in [0.1, 0.15) is 6.61 Å². The van der Waals surface area contributed by atoms with Gasteiger partial charge in [-0.1, -0.05) is 49.2 Å². The molecule has 2 aromatic carbocycles. The summed E-state index contributed by atoms with van der Waals surface area (Å²) in [6.07, 6.45) is 2.39. The molecular weight excluding hydrogens is 310 g/mol. The van der Waals surface area contributed by atoms with E-state index in [4.69, 9.17) is 21.1 Å². The van der Waals surface area contributed by atoms with Crippen LogP contribution >= 0.6 is 11.6 Å². The molecule has 4 heteroatoms. The summed E-state index contributed by atoms with van der Waals surface area (Å²) in [7, 11) is 1.66. The van der Waals surface area contributed by atoms with Gasteiger partial charge in [-0.25, -0.2) is 0 Å². The van der Waals surface area contributed by atoms with Gasteiger partial charge in [-0.2, -0.15) is 0 Å². The number of methoxy groups -OCH3 is 1. The predicted molar refractivity (Wildman–Crippen MR) is 95.4 cm³/mol. The molecule has 0 unspecified atom stereocenters. The molecule has 0 aliphatic heterocycles. The van der Waals surface area contributed by atoms with Gasteiger partial charge in [-0.05, 0) is 36.7 Å². The number of nitrogens with one attached hydrogen (secondary N) is 1. The topological polar surface area (TPSA) is 30.5 Å². The van der Waals surface area contributed by atoms with E-state index >= 15 is 0 Å². The van der Waals surface area contributed by atoms with Crippen LogP contribution in [0.2, 0.25) is 5.02 Å². The third-order valence-corrected chi connectivity index (χ3v) is 3.97. The summed E-state index contributed by atoms with van der Waals surface area (Å²) in [5.74, 6) is 1.47. The lowest BCUT2D eigenvalue weighted by molar-refractivity contribution is 0.284. The van der Waals surface area contributed by atoms with E-state index in [1.54, 1.807) is 7.11 Å². The van der Waals surface area contributed by atoms with Crippen molar-refractivity contribution in [1.29, 1.82) is 0 Å². The summed E-state index contributed by atoms with van der Waals surface area (Å²) < 4.78 is 11.3. The maximum absolute atomic E-state index is 6.15. The molecule has 3 nitrogen and oxygen atoms in total. The molecule has 23 heavy (non-hydrogen) atoms. The average molecular weight is 334 g/mol. The van der Waals surface area contributed by atoms with Gasteiger partial charge in [0.2, 0.25) is 0 Å². The SMILES string of the molecule is CCCCNCc1ccc(OCc2ccccc2Cl)c(OC)c1. The lowest BCUT2D eigenvalue weighted by Crippen LogP contribution is -2.14. The Morgan fingerprint density at radius 3 is 2.65 bits per heavy atom. The average Bonchev–Trinajstić information content (AvgIpc) is 2.58. The molecule has 0 aliphatic carbocycles. The standard InChI is InChI=1S/C19H24ClNO2/c1-3-4-11-21-13-15-9-10-18(19(12-15)22-2)23-14-16-7-5-6-8-17(16)20/h5-10,12,21H,3-4,11,13-14H2,1-2H3. The highest BCUT2D eigenvalue weighted by Gasteiger charge is 2.07. The molecule has 0 fully saturated rings. The molecule has 0 amide bonds. The molecule has 2 aromatic rings. The van der Waals surface area contributed by atoms with Gasteiger partial charge in [0.25, 0.3) is 0 Å². The summed E-state index contributed by atoms with van der Waals surface area (Å²) in [5, 5.41) is 4.14. The van der Waals surface area contributed by atoms with Gasteiger partial charge in [0, 0.05) is 17.1 Å². The zero-order chi connectivity index (χ0) is 16.5. The zero-order valence-electron chi connectivity index (χ0n) is 13.8. The van der Waals surface area contributed by atoms with Crippen molar-refractivity contribution in [2.24, 2.45) is 0 Å². The van der Waals surface area contributed by atoms with Gasteiger partial charge in [0.05, 0.1) is 7.11 Å². The van der Waals surface area contributed by atoms with Gasteiger partial charge in [-0.3, -0.25) is 0 Å². The Balaban J connectivity index is 1.97. The Morgan fingerprint density at radius 2 is 1.91 bits per heavy atom. The van der Waals surface area contributed by atoms with Crippen LogP contribution in [0, 0.1) is 0 Å². The Morgan fingerprint density at radius 1 is 1.09 bits per heavy atom. The van der Waals surface area contributed by atoms with Crippen molar-refractivity contribution in [3.8, 4) is 11.5 Å². The molecule has 0 bridgehead atoms. The molecule has 0 spiro atoms. The Kier molecular flexibility index (Phi) is 7.24. The van der Waals surface area contributed by atoms with E-state index in [2.05, 4.69) is 18.3 Å². The Bertz CT molecular complexity index is 616. The second-order valence-corrected chi connectivity index (χ2v) is 5.80. The van der Waals surface area contributed by atoms with E-state index < -0.39 is 0 Å². The van der Waals surface area contributed by atoms with E-state index in [0.717, 1.165) is 30.2 Å². The molecule has 1 N–H and O–H groups in total. The molecule has 0 saturated heterocycles. The summed E-state index contributed by atoms with van der Waals surface area (Å²) in [6.45, 7) is 4.48. The van der Waals surface area contributed by atoms with E-state index in [-0.39, 0.29) is 0 Å². The molecule has 0 saturated carbocycles. The number of ether oxygens (including phenoxy) is 2. The van der Waals surface area contributed by atoms with Crippen molar-refractivity contribution in [3.63, 3.8) is 0 Å². The molecule has 0 atom stereocenters. The monoisotopic (exact) mass is 333 g/mol. The van der Waals surface area contributed by atoms with Crippen LogP contribution in [-0.4, -0.2) is 13.7 Å². The van der Waals surface area contributed by atoms with Gasteiger partial charge in [-0.15, -0.1) is 0 Å². The van der Waals surface area contributed by atoms with E-state index in [9.17, 15) is 0 Å². The van der Waals surface area contributed by atoms with E-state index in [0.29, 0.717) is 11.6 Å². The lowest BCUT2D eigenvalue weighted by Gasteiger charge is -2.13. The fourth-order valence-corrected chi connectivity index (χ4v) is 2.44. The maximum Gasteiger partial charge on any atom is 0.161 e. The van der Waals surface area contributed by atoms with Crippen LogP contribution in [0.1, 0.15) is 30.9 Å². The second kappa shape index (κ2) is 9.43. The molecular formula is C19H24ClNO2. The van der Waals surface area contributed by atoms with Gasteiger partial charge in [0.15, 0.2) is 11.5 Å². The van der Waals surface area contributed by atoms with Crippen molar-refractivity contribution in [3.05, 3.63) is 58.6 Å². The van der Waals surface area contributed by atoms with Crippen molar-refractivity contribution < 1.29 is 9.47 Å². The number of rotatable bonds is 9. The van der Waals surface area contributed by atoms with Crippen LogP contribution in [0.4, 0.5) is 0 Å². The third kappa shape index (κ3) is 5.45. The molecule has 0 heterocycles. The molecule has 0 radical (unpaired) electrons. The highest BCUT2D eigenvalue weighted by molar-refractivity contribution is 6.31. The summed E-state index contributed by atoms with van der Waals surface area (Å²) in [6, 6.07) is 13.7. The molecule has 0 aromatic heterocycles. The fourth-order valence-electron chi connectivity index (χ4n) is 2.25. The maximum atomic E-state index is 6.15. The van der Waals surface area contributed by atoms with Crippen LogP contribution in [0.15, 0.2) is 42.5 Å². The van der Waals surface area contributed by atoms with E-state index in [1.165, 1.54) is 18.4 Å². The predicted octanol–water partition coefficient (Wildman–Crippen LogP) is 4.82. The second-order valence-electron chi connectivity index (χ2n) is 5.40.